The molecule has 0 atom stereocenters. The highest BCUT2D eigenvalue weighted by molar-refractivity contribution is 7.13. The number of carbonyl (C=O) groups is 1. The van der Waals surface area contributed by atoms with E-state index in [-0.39, 0.29) is 5.91 Å². The van der Waals surface area contributed by atoms with E-state index in [0.29, 0.717) is 5.56 Å². The Morgan fingerprint density at radius 1 is 1.07 bits per heavy atom. The minimum absolute atomic E-state index is 0.0849. The number of amides is 1. The van der Waals surface area contributed by atoms with Gasteiger partial charge in [-0.2, -0.15) is 0 Å². The van der Waals surface area contributed by atoms with Gasteiger partial charge in [-0.1, -0.05) is 18.2 Å². The Bertz CT molecular complexity index is 917. The summed E-state index contributed by atoms with van der Waals surface area (Å²) >= 11 is 1.54. The van der Waals surface area contributed by atoms with Gasteiger partial charge in [0, 0.05) is 54.7 Å². The maximum Gasteiger partial charge on any atom is 0.254 e. The third kappa shape index (κ3) is 4.11. The number of piperazine rings is 1. The smallest absolute Gasteiger partial charge is 0.254 e. The first-order chi connectivity index (χ1) is 13.2. The van der Waals surface area contributed by atoms with Crippen molar-refractivity contribution < 1.29 is 4.79 Å². The third-order valence-electron chi connectivity index (χ3n) is 4.73. The normalized spacial score (nSPS) is 14.3. The van der Waals surface area contributed by atoms with E-state index >= 15 is 0 Å². The number of carbonyl (C=O) groups excluding carboxylic acids is 1. The third-order valence-corrected chi connectivity index (χ3v) is 5.42. The number of hydrogen-bond donors (Lipinski definition) is 1. The van der Waals surface area contributed by atoms with Gasteiger partial charge >= 0.3 is 0 Å². The highest BCUT2D eigenvalue weighted by atomic mass is 32.1. The van der Waals surface area contributed by atoms with Gasteiger partial charge in [-0.3, -0.25) is 4.79 Å². The van der Waals surface area contributed by atoms with Crippen LogP contribution >= 0.6 is 11.3 Å². The van der Waals surface area contributed by atoms with Crippen molar-refractivity contribution in [3.8, 4) is 0 Å². The van der Waals surface area contributed by atoms with E-state index in [1.165, 1.54) is 22.6 Å². The van der Waals surface area contributed by atoms with Crippen molar-refractivity contribution in [2.45, 2.75) is 6.92 Å². The first-order valence-electron chi connectivity index (χ1n) is 9.06. The fourth-order valence-corrected chi connectivity index (χ4v) is 3.86. The summed E-state index contributed by atoms with van der Waals surface area (Å²) in [5.41, 5.74) is 4.09. The number of benzene rings is 2. The van der Waals surface area contributed by atoms with E-state index in [1.807, 2.05) is 34.5 Å². The Morgan fingerprint density at radius 2 is 1.89 bits per heavy atom. The molecule has 4 rings (SSSR count). The van der Waals surface area contributed by atoms with Crippen molar-refractivity contribution in [3.63, 3.8) is 0 Å². The molecule has 1 amide bonds. The van der Waals surface area contributed by atoms with E-state index in [0.717, 1.165) is 37.0 Å². The lowest BCUT2D eigenvalue weighted by molar-refractivity contribution is 0.0747. The van der Waals surface area contributed by atoms with Crippen molar-refractivity contribution in [2.75, 3.05) is 36.4 Å². The predicted octanol–water partition coefficient (Wildman–Crippen LogP) is 4.16. The molecule has 1 aromatic heterocycles. The van der Waals surface area contributed by atoms with Gasteiger partial charge in [-0.15, -0.1) is 11.3 Å². The average Bonchev–Trinajstić information content (AvgIpc) is 3.21. The van der Waals surface area contributed by atoms with Crippen molar-refractivity contribution in [2.24, 2.45) is 0 Å². The number of nitrogens with one attached hydrogen (secondary N) is 1. The minimum Gasteiger partial charge on any atom is -0.368 e. The maximum atomic E-state index is 12.9. The van der Waals surface area contributed by atoms with Gasteiger partial charge in [-0.05, 0) is 42.8 Å². The van der Waals surface area contributed by atoms with Crippen molar-refractivity contribution in [3.05, 3.63) is 71.2 Å². The topological polar surface area (TPSA) is 48.5 Å². The largest absolute Gasteiger partial charge is 0.368 e. The molecule has 2 heterocycles. The summed E-state index contributed by atoms with van der Waals surface area (Å²) < 4.78 is 0. The Hall–Kier alpha value is -2.86. The molecule has 1 aliphatic rings. The second kappa shape index (κ2) is 7.80. The molecule has 5 nitrogen and oxygen atoms in total. The molecule has 3 aromatic rings. The monoisotopic (exact) mass is 378 g/mol. The molecule has 0 saturated carbocycles. The molecule has 6 heteroatoms. The summed E-state index contributed by atoms with van der Waals surface area (Å²) in [4.78, 5) is 21.4. The van der Waals surface area contributed by atoms with Gasteiger partial charge in [0.05, 0.1) is 0 Å². The molecule has 1 aliphatic heterocycles. The molecule has 0 aliphatic carbocycles. The summed E-state index contributed by atoms with van der Waals surface area (Å²) in [5, 5.41) is 5.99. The summed E-state index contributed by atoms with van der Waals surface area (Å²) in [6.45, 7) is 5.28. The number of nitrogens with zero attached hydrogens (tertiary/aromatic N) is 3. The SMILES string of the molecule is Cc1cccc(N2CCN(C(=O)c3cccc(Nc4nccs4)c3)CC2)c1. The number of hydrogen-bond acceptors (Lipinski definition) is 5. The number of anilines is 3. The van der Waals surface area contributed by atoms with Crippen LogP contribution in [0.5, 0.6) is 0 Å². The molecule has 2 aromatic carbocycles. The summed E-state index contributed by atoms with van der Waals surface area (Å²) in [6, 6.07) is 16.2. The Morgan fingerprint density at radius 3 is 2.63 bits per heavy atom. The van der Waals surface area contributed by atoms with Gasteiger partial charge in [0.25, 0.3) is 5.91 Å². The first-order valence-corrected chi connectivity index (χ1v) is 9.94. The standard InChI is InChI=1S/C21H22N4OS/c1-16-4-2-7-19(14-16)24-9-11-25(12-10-24)20(26)17-5-3-6-18(15-17)23-21-22-8-13-27-21/h2-8,13-15H,9-12H2,1H3,(H,22,23). The van der Waals surface area contributed by atoms with Crippen molar-refractivity contribution in [1.82, 2.24) is 9.88 Å². The van der Waals surface area contributed by atoms with Crippen LogP contribution in [-0.4, -0.2) is 42.0 Å². The lowest BCUT2D eigenvalue weighted by Gasteiger charge is -2.36. The van der Waals surface area contributed by atoms with Crippen LogP contribution in [0.25, 0.3) is 0 Å². The first kappa shape index (κ1) is 17.5. The minimum atomic E-state index is 0.0849. The lowest BCUT2D eigenvalue weighted by Crippen LogP contribution is -2.48. The number of aryl methyl sites for hydroxylation is 1. The Labute approximate surface area is 163 Å². The number of thiazole rings is 1. The molecule has 27 heavy (non-hydrogen) atoms. The van der Waals surface area contributed by atoms with E-state index in [4.69, 9.17) is 0 Å². The van der Waals surface area contributed by atoms with Gasteiger partial charge in [-0.25, -0.2) is 4.98 Å². The van der Waals surface area contributed by atoms with Gasteiger partial charge in [0.15, 0.2) is 5.13 Å². The quantitative estimate of drug-likeness (QED) is 0.741. The fraction of sp³-hybridized carbons (Fsp3) is 0.238. The van der Waals surface area contributed by atoms with E-state index in [9.17, 15) is 4.79 Å². The molecule has 1 saturated heterocycles. The van der Waals surface area contributed by atoms with E-state index in [1.54, 1.807) is 6.20 Å². The Kier molecular flexibility index (Phi) is 5.07. The maximum absolute atomic E-state index is 12.9. The molecule has 1 N–H and O–H groups in total. The molecule has 0 bridgehead atoms. The summed E-state index contributed by atoms with van der Waals surface area (Å²) in [7, 11) is 0. The molecule has 0 unspecified atom stereocenters. The summed E-state index contributed by atoms with van der Waals surface area (Å²) in [5.74, 6) is 0.0849. The number of rotatable bonds is 4. The Balaban J connectivity index is 1.40. The zero-order valence-electron chi connectivity index (χ0n) is 15.3. The molecule has 138 valence electrons. The summed E-state index contributed by atoms with van der Waals surface area (Å²) in [6.07, 6.45) is 1.76. The van der Waals surface area contributed by atoms with Crippen LogP contribution in [0, 0.1) is 6.92 Å². The van der Waals surface area contributed by atoms with E-state index in [2.05, 4.69) is 46.4 Å². The molecule has 0 spiro atoms. The van der Waals surface area contributed by atoms with Crippen LogP contribution in [0.2, 0.25) is 0 Å². The molecular weight excluding hydrogens is 356 g/mol. The van der Waals surface area contributed by atoms with Crippen LogP contribution in [0.3, 0.4) is 0 Å². The van der Waals surface area contributed by atoms with E-state index < -0.39 is 0 Å². The highest BCUT2D eigenvalue weighted by Crippen LogP contribution is 2.22. The second-order valence-corrected chi connectivity index (χ2v) is 7.56. The van der Waals surface area contributed by atoms with Crippen LogP contribution in [0.15, 0.2) is 60.1 Å². The average molecular weight is 379 g/mol. The number of aromatic nitrogens is 1. The van der Waals surface area contributed by atoms with Gasteiger partial charge < -0.3 is 15.1 Å². The van der Waals surface area contributed by atoms with Gasteiger partial charge in [0.2, 0.25) is 0 Å². The van der Waals surface area contributed by atoms with Crippen LogP contribution in [-0.2, 0) is 0 Å². The fourth-order valence-electron chi connectivity index (χ4n) is 3.31. The lowest BCUT2D eigenvalue weighted by atomic mass is 10.1. The van der Waals surface area contributed by atoms with Crippen LogP contribution in [0.1, 0.15) is 15.9 Å². The van der Waals surface area contributed by atoms with Crippen LogP contribution in [0.4, 0.5) is 16.5 Å². The predicted molar refractivity (Wildman–Crippen MR) is 111 cm³/mol. The van der Waals surface area contributed by atoms with Crippen molar-refractivity contribution in [1.29, 1.82) is 0 Å². The van der Waals surface area contributed by atoms with Crippen LogP contribution < -0.4 is 10.2 Å². The molecular formula is C21H22N4OS. The molecule has 1 fully saturated rings. The molecule has 0 radical (unpaired) electrons. The zero-order chi connectivity index (χ0) is 18.6. The zero-order valence-corrected chi connectivity index (χ0v) is 16.1. The van der Waals surface area contributed by atoms with Gasteiger partial charge in [0.1, 0.15) is 0 Å². The second-order valence-electron chi connectivity index (χ2n) is 6.66. The van der Waals surface area contributed by atoms with Crippen molar-refractivity contribution >= 4 is 33.8 Å². The highest BCUT2D eigenvalue weighted by Gasteiger charge is 2.22.